The monoisotopic (exact) mass is 405 g/mol. The van der Waals surface area contributed by atoms with E-state index in [1.165, 1.54) is 12.1 Å². The highest BCUT2D eigenvalue weighted by molar-refractivity contribution is 7.92. The number of hydrogen-bond acceptors (Lipinski definition) is 6. The Balaban J connectivity index is 2.13. The van der Waals surface area contributed by atoms with Gasteiger partial charge in [-0.1, -0.05) is 12.1 Å². The SMILES string of the molecule is CCOC(=O)c1ccc(C(=O)NC(C)c2cccc(NS(C)(=O)=O)c2)nc1C. The third-order valence-corrected chi connectivity index (χ3v) is 4.46. The minimum atomic E-state index is -3.39. The van der Waals surface area contributed by atoms with Crippen LogP contribution >= 0.6 is 0 Å². The van der Waals surface area contributed by atoms with Gasteiger partial charge in [0.2, 0.25) is 10.0 Å². The van der Waals surface area contributed by atoms with E-state index in [0.717, 1.165) is 11.8 Å². The number of anilines is 1. The number of pyridine rings is 1. The summed E-state index contributed by atoms with van der Waals surface area (Å²) in [5, 5.41) is 2.81. The number of aryl methyl sites for hydroxylation is 1. The summed E-state index contributed by atoms with van der Waals surface area (Å²) in [6.07, 6.45) is 1.07. The predicted octanol–water partition coefficient (Wildman–Crippen LogP) is 2.43. The summed E-state index contributed by atoms with van der Waals surface area (Å²) in [5.41, 5.74) is 2.02. The zero-order chi connectivity index (χ0) is 20.9. The van der Waals surface area contributed by atoms with Crippen LogP contribution in [0.25, 0.3) is 0 Å². The molecule has 0 radical (unpaired) electrons. The molecule has 150 valence electrons. The van der Waals surface area contributed by atoms with Crippen molar-refractivity contribution in [2.45, 2.75) is 26.8 Å². The lowest BCUT2D eigenvalue weighted by Gasteiger charge is -2.16. The predicted molar refractivity (Wildman–Crippen MR) is 106 cm³/mol. The molecule has 2 N–H and O–H groups in total. The van der Waals surface area contributed by atoms with Crippen LogP contribution in [0.15, 0.2) is 36.4 Å². The van der Waals surface area contributed by atoms with E-state index in [0.29, 0.717) is 16.9 Å². The summed E-state index contributed by atoms with van der Waals surface area (Å²) in [6, 6.07) is 9.33. The number of esters is 1. The fourth-order valence-corrected chi connectivity index (χ4v) is 3.11. The van der Waals surface area contributed by atoms with E-state index >= 15 is 0 Å². The van der Waals surface area contributed by atoms with Gasteiger partial charge in [0.15, 0.2) is 0 Å². The second kappa shape index (κ2) is 8.83. The molecule has 0 bridgehead atoms. The van der Waals surface area contributed by atoms with Crippen molar-refractivity contribution < 1.29 is 22.7 Å². The third-order valence-electron chi connectivity index (χ3n) is 3.85. The summed E-state index contributed by atoms with van der Waals surface area (Å²) in [5.74, 6) is -0.893. The van der Waals surface area contributed by atoms with Crippen molar-refractivity contribution in [2.75, 3.05) is 17.6 Å². The van der Waals surface area contributed by atoms with Gasteiger partial charge in [0.1, 0.15) is 5.69 Å². The van der Waals surface area contributed by atoms with Crippen LogP contribution in [0.5, 0.6) is 0 Å². The summed E-state index contributed by atoms with van der Waals surface area (Å²) in [7, 11) is -3.39. The number of sulfonamides is 1. The molecule has 0 fully saturated rings. The van der Waals surface area contributed by atoms with Gasteiger partial charge in [-0.05, 0) is 50.6 Å². The molecule has 1 amide bonds. The van der Waals surface area contributed by atoms with E-state index in [-0.39, 0.29) is 18.3 Å². The van der Waals surface area contributed by atoms with Crippen LogP contribution in [-0.2, 0) is 14.8 Å². The lowest BCUT2D eigenvalue weighted by atomic mass is 10.1. The van der Waals surface area contributed by atoms with E-state index in [1.807, 2.05) is 0 Å². The number of amides is 1. The van der Waals surface area contributed by atoms with Crippen molar-refractivity contribution >= 4 is 27.6 Å². The Morgan fingerprint density at radius 2 is 1.93 bits per heavy atom. The lowest BCUT2D eigenvalue weighted by Crippen LogP contribution is -2.28. The first-order valence-corrected chi connectivity index (χ1v) is 10.5. The maximum atomic E-state index is 12.5. The summed E-state index contributed by atoms with van der Waals surface area (Å²) in [4.78, 5) is 28.5. The van der Waals surface area contributed by atoms with Gasteiger partial charge in [0, 0.05) is 5.69 Å². The zero-order valence-corrected chi connectivity index (χ0v) is 17.0. The van der Waals surface area contributed by atoms with Crippen molar-refractivity contribution in [3.8, 4) is 0 Å². The van der Waals surface area contributed by atoms with Gasteiger partial charge in [-0.3, -0.25) is 9.52 Å². The summed E-state index contributed by atoms with van der Waals surface area (Å²) >= 11 is 0. The smallest absolute Gasteiger partial charge is 0.339 e. The van der Waals surface area contributed by atoms with Crippen LogP contribution in [-0.4, -0.2) is 38.1 Å². The van der Waals surface area contributed by atoms with Crippen molar-refractivity contribution in [3.05, 3.63) is 58.9 Å². The molecular formula is C19H23N3O5S. The minimum Gasteiger partial charge on any atom is -0.462 e. The molecule has 1 aromatic carbocycles. The van der Waals surface area contributed by atoms with Crippen molar-refractivity contribution in [3.63, 3.8) is 0 Å². The first kappa shape index (κ1) is 21.4. The molecule has 2 rings (SSSR count). The van der Waals surface area contributed by atoms with Gasteiger partial charge >= 0.3 is 5.97 Å². The summed E-state index contributed by atoms with van der Waals surface area (Å²) in [6.45, 7) is 5.37. The number of hydrogen-bond donors (Lipinski definition) is 2. The number of ether oxygens (including phenoxy) is 1. The molecule has 28 heavy (non-hydrogen) atoms. The first-order chi connectivity index (χ1) is 13.1. The lowest BCUT2D eigenvalue weighted by molar-refractivity contribution is 0.0524. The maximum absolute atomic E-state index is 12.5. The number of rotatable bonds is 7. The standard InChI is InChI=1S/C19H23N3O5S/c1-5-27-19(24)16-9-10-17(20-13(16)3)18(23)21-12(2)14-7-6-8-15(11-14)22-28(4,25)26/h6-12,22H,5H2,1-4H3,(H,21,23). The van der Waals surface area contributed by atoms with Crippen LogP contribution in [0.2, 0.25) is 0 Å². The quantitative estimate of drug-likeness (QED) is 0.684. The highest BCUT2D eigenvalue weighted by Gasteiger charge is 2.17. The molecule has 0 aliphatic heterocycles. The van der Waals surface area contributed by atoms with E-state index in [9.17, 15) is 18.0 Å². The normalized spacial score (nSPS) is 12.1. The first-order valence-electron chi connectivity index (χ1n) is 8.64. The molecule has 2 aromatic rings. The molecule has 1 unspecified atom stereocenters. The average molecular weight is 405 g/mol. The fourth-order valence-electron chi connectivity index (χ4n) is 2.55. The maximum Gasteiger partial charge on any atom is 0.339 e. The minimum absolute atomic E-state index is 0.169. The molecule has 8 nitrogen and oxygen atoms in total. The highest BCUT2D eigenvalue weighted by atomic mass is 32.2. The van der Waals surface area contributed by atoms with Crippen molar-refractivity contribution in [2.24, 2.45) is 0 Å². The van der Waals surface area contributed by atoms with Gasteiger partial charge in [-0.15, -0.1) is 0 Å². The number of nitrogens with zero attached hydrogens (tertiary/aromatic N) is 1. The Labute approximate surface area is 164 Å². The Morgan fingerprint density at radius 1 is 1.21 bits per heavy atom. The van der Waals surface area contributed by atoms with Crippen molar-refractivity contribution in [1.82, 2.24) is 10.3 Å². The van der Waals surface area contributed by atoms with Gasteiger partial charge in [-0.25, -0.2) is 18.2 Å². The zero-order valence-electron chi connectivity index (χ0n) is 16.1. The van der Waals surface area contributed by atoms with Gasteiger partial charge in [0.25, 0.3) is 5.91 Å². The number of carbonyl (C=O) groups is 2. The van der Waals surface area contributed by atoms with E-state index < -0.39 is 21.9 Å². The van der Waals surface area contributed by atoms with Gasteiger partial charge < -0.3 is 10.1 Å². The Bertz CT molecular complexity index is 989. The topological polar surface area (TPSA) is 114 Å². The number of aromatic nitrogens is 1. The van der Waals surface area contributed by atoms with Gasteiger partial charge in [-0.2, -0.15) is 0 Å². The number of benzene rings is 1. The van der Waals surface area contributed by atoms with Crippen LogP contribution in [0.3, 0.4) is 0 Å². The fraction of sp³-hybridized carbons (Fsp3) is 0.316. The molecule has 1 atom stereocenters. The molecule has 0 saturated heterocycles. The van der Waals surface area contributed by atoms with E-state index in [4.69, 9.17) is 4.74 Å². The second-order valence-corrected chi connectivity index (χ2v) is 7.99. The van der Waals surface area contributed by atoms with Crippen molar-refractivity contribution in [1.29, 1.82) is 0 Å². The Hall–Kier alpha value is -2.94. The van der Waals surface area contributed by atoms with Crippen LogP contribution in [0.1, 0.15) is 52.0 Å². The third kappa shape index (κ3) is 5.78. The van der Waals surface area contributed by atoms with E-state index in [1.54, 1.807) is 45.0 Å². The molecular weight excluding hydrogens is 382 g/mol. The molecule has 0 saturated carbocycles. The summed E-state index contributed by atoms with van der Waals surface area (Å²) < 4.78 is 30.1. The van der Waals surface area contributed by atoms with Crippen LogP contribution in [0, 0.1) is 6.92 Å². The molecule has 0 aliphatic rings. The van der Waals surface area contributed by atoms with Gasteiger partial charge in [0.05, 0.1) is 30.2 Å². The van der Waals surface area contributed by atoms with Crippen LogP contribution in [0.4, 0.5) is 5.69 Å². The highest BCUT2D eigenvalue weighted by Crippen LogP contribution is 2.19. The number of nitrogens with one attached hydrogen (secondary N) is 2. The molecule has 0 spiro atoms. The van der Waals surface area contributed by atoms with E-state index in [2.05, 4.69) is 15.0 Å². The van der Waals surface area contributed by atoms with Crippen LogP contribution < -0.4 is 10.0 Å². The largest absolute Gasteiger partial charge is 0.462 e. The molecule has 1 aromatic heterocycles. The Morgan fingerprint density at radius 3 is 2.54 bits per heavy atom. The Kier molecular flexibility index (Phi) is 6.74. The second-order valence-electron chi connectivity index (χ2n) is 6.24. The molecule has 1 heterocycles. The molecule has 0 aliphatic carbocycles. The average Bonchev–Trinajstić information content (AvgIpc) is 2.60. The number of carbonyl (C=O) groups excluding carboxylic acids is 2. The molecule has 9 heteroatoms.